The highest BCUT2D eigenvalue weighted by atomic mass is 79.9. The lowest BCUT2D eigenvalue weighted by Gasteiger charge is -2.12. The zero-order valence-corrected chi connectivity index (χ0v) is 17.9. The number of halogens is 1. The minimum atomic E-state index is 0.862. The number of benzene rings is 2. The molecular formula is C22H20BrN3S. The number of hydrogen-bond acceptors (Lipinski definition) is 4. The molecule has 0 bridgehead atoms. The Kier molecular flexibility index (Phi) is 4.98. The van der Waals surface area contributed by atoms with Crippen molar-refractivity contribution in [3.05, 3.63) is 69.3 Å². The minimum absolute atomic E-state index is 0.862. The van der Waals surface area contributed by atoms with Crippen LogP contribution in [-0.2, 0) is 6.42 Å². The second kappa shape index (κ2) is 7.41. The summed E-state index contributed by atoms with van der Waals surface area (Å²) in [7, 11) is 0. The van der Waals surface area contributed by atoms with Gasteiger partial charge in [-0.3, -0.25) is 0 Å². The van der Waals surface area contributed by atoms with Gasteiger partial charge >= 0.3 is 0 Å². The molecule has 0 aliphatic carbocycles. The molecule has 3 nitrogen and oxygen atoms in total. The van der Waals surface area contributed by atoms with E-state index in [2.05, 4.69) is 94.5 Å². The molecule has 4 aromatic rings. The van der Waals surface area contributed by atoms with Crippen molar-refractivity contribution in [1.82, 2.24) is 9.97 Å². The molecule has 5 heteroatoms. The van der Waals surface area contributed by atoms with Gasteiger partial charge in [0.25, 0.3) is 0 Å². The first-order valence-corrected chi connectivity index (χ1v) is 10.5. The fourth-order valence-corrected chi connectivity index (χ4v) is 4.69. The number of fused-ring (bicyclic) bond motifs is 1. The molecule has 2 aromatic heterocycles. The fourth-order valence-electron chi connectivity index (χ4n) is 3.33. The van der Waals surface area contributed by atoms with Crippen LogP contribution in [0, 0.1) is 13.8 Å². The zero-order chi connectivity index (χ0) is 19.0. The summed E-state index contributed by atoms with van der Waals surface area (Å²) < 4.78 is 1.08. The van der Waals surface area contributed by atoms with Crippen molar-refractivity contribution in [2.24, 2.45) is 0 Å². The van der Waals surface area contributed by atoms with E-state index in [9.17, 15) is 0 Å². The number of hydrogen-bond donors (Lipinski definition) is 1. The van der Waals surface area contributed by atoms with Crippen LogP contribution in [-0.4, -0.2) is 9.97 Å². The van der Waals surface area contributed by atoms with Gasteiger partial charge in [-0.05, 0) is 49.6 Å². The summed E-state index contributed by atoms with van der Waals surface area (Å²) in [6.45, 7) is 6.42. The van der Waals surface area contributed by atoms with E-state index in [1.165, 1.54) is 27.1 Å². The molecule has 0 radical (unpaired) electrons. The Labute approximate surface area is 171 Å². The van der Waals surface area contributed by atoms with Crippen molar-refractivity contribution in [2.45, 2.75) is 27.2 Å². The highest BCUT2D eigenvalue weighted by Gasteiger charge is 2.18. The van der Waals surface area contributed by atoms with Gasteiger partial charge in [0.05, 0.1) is 5.39 Å². The number of aromatic nitrogens is 2. The summed E-state index contributed by atoms with van der Waals surface area (Å²) in [6.07, 6.45) is 2.62. The van der Waals surface area contributed by atoms with E-state index >= 15 is 0 Å². The minimum Gasteiger partial charge on any atom is -0.339 e. The molecule has 1 N–H and O–H groups in total. The van der Waals surface area contributed by atoms with Gasteiger partial charge in [-0.1, -0.05) is 52.7 Å². The first kappa shape index (κ1) is 18.1. The third kappa shape index (κ3) is 3.49. The normalized spacial score (nSPS) is 11.1. The van der Waals surface area contributed by atoms with Gasteiger partial charge in [0.15, 0.2) is 0 Å². The van der Waals surface area contributed by atoms with Crippen LogP contribution in [0.1, 0.15) is 22.9 Å². The lowest BCUT2D eigenvalue weighted by atomic mass is 10.0. The molecule has 2 heterocycles. The summed E-state index contributed by atoms with van der Waals surface area (Å²) >= 11 is 5.28. The number of rotatable bonds is 4. The van der Waals surface area contributed by atoms with Crippen molar-refractivity contribution in [1.29, 1.82) is 0 Å². The molecule has 136 valence electrons. The maximum atomic E-state index is 4.59. The molecule has 2 aromatic carbocycles. The van der Waals surface area contributed by atoms with Crippen LogP contribution in [0.25, 0.3) is 21.3 Å². The number of nitrogens with one attached hydrogen (secondary N) is 1. The van der Waals surface area contributed by atoms with Crippen LogP contribution >= 0.6 is 27.3 Å². The molecular weight excluding hydrogens is 418 g/mol. The third-order valence-corrected chi connectivity index (χ3v) is 6.42. The average molecular weight is 438 g/mol. The lowest BCUT2D eigenvalue weighted by molar-refractivity contribution is 1.19. The standard InChI is InChI=1S/C22H20BrN3S/c1-4-18-19(15-6-8-16(23)9-7-15)20-21(24-12-25-22(20)27-18)26-17-10-5-13(2)11-14(17)3/h5-12H,4H2,1-3H3,(H,24,25,26). The van der Waals surface area contributed by atoms with Crippen molar-refractivity contribution in [2.75, 3.05) is 5.32 Å². The molecule has 0 aliphatic heterocycles. The van der Waals surface area contributed by atoms with Gasteiger partial charge in [0.1, 0.15) is 17.0 Å². The predicted molar refractivity (Wildman–Crippen MR) is 119 cm³/mol. The molecule has 0 aliphatic rings. The first-order chi connectivity index (χ1) is 13.1. The largest absolute Gasteiger partial charge is 0.339 e. The molecule has 0 saturated heterocycles. The van der Waals surface area contributed by atoms with Crippen molar-refractivity contribution < 1.29 is 0 Å². The number of nitrogens with zero attached hydrogens (tertiary/aromatic N) is 2. The maximum Gasteiger partial charge on any atom is 0.143 e. The maximum absolute atomic E-state index is 4.59. The summed E-state index contributed by atoms with van der Waals surface area (Å²) in [6, 6.07) is 14.9. The lowest BCUT2D eigenvalue weighted by Crippen LogP contribution is -1.98. The highest BCUT2D eigenvalue weighted by Crippen LogP contribution is 2.42. The van der Waals surface area contributed by atoms with E-state index < -0.39 is 0 Å². The Balaban J connectivity index is 1.91. The van der Waals surface area contributed by atoms with Gasteiger partial charge < -0.3 is 5.32 Å². The van der Waals surface area contributed by atoms with Gasteiger partial charge in [0, 0.05) is 20.6 Å². The van der Waals surface area contributed by atoms with Crippen LogP contribution in [0.4, 0.5) is 11.5 Å². The molecule has 0 saturated carbocycles. The molecule has 0 unspecified atom stereocenters. The predicted octanol–water partition coefficient (Wildman–Crippen LogP) is 7.04. The monoisotopic (exact) mass is 437 g/mol. The topological polar surface area (TPSA) is 37.8 Å². The van der Waals surface area contributed by atoms with Crippen LogP contribution < -0.4 is 5.32 Å². The average Bonchev–Trinajstić information content (AvgIpc) is 3.04. The SMILES string of the molecule is CCc1sc2ncnc(Nc3ccc(C)cc3C)c2c1-c1ccc(Br)cc1. The van der Waals surface area contributed by atoms with Crippen molar-refractivity contribution in [3.8, 4) is 11.1 Å². The molecule has 0 spiro atoms. The van der Waals surface area contributed by atoms with E-state index in [4.69, 9.17) is 0 Å². The van der Waals surface area contributed by atoms with E-state index in [1.54, 1.807) is 17.7 Å². The van der Waals surface area contributed by atoms with Crippen LogP contribution in [0.2, 0.25) is 0 Å². The molecule has 27 heavy (non-hydrogen) atoms. The van der Waals surface area contributed by atoms with Gasteiger partial charge in [-0.2, -0.15) is 0 Å². The quantitative estimate of drug-likeness (QED) is 0.371. The summed E-state index contributed by atoms with van der Waals surface area (Å²) in [5, 5.41) is 4.65. The Morgan fingerprint density at radius 1 is 1.04 bits per heavy atom. The Hall–Kier alpha value is -2.24. The van der Waals surface area contributed by atoms with E-state index in [1.807, 2.05) is 0 Å². The highest BCUT2D eigenvalue weighted by molar-refractivity contribution is 9.10. The van der Waals surface area contributed by atoms with Gasteiger partial charge in [-0.25, -0.2) is 9.97 Å². The van der Waals surface area contributed by atoms with Crippen molar-refractivity contribution >= 4 is 49.0 Å². The van der Waals surface area contributed by atoms with Gasteiger partial charge in [0.2, 0.25) is 0 Å². The Morgan fingerprint density at radius 3 is 2.52 bits per heavy atom. The Bertz CT molecular complexity index is 1120. The van der Waals surface area contributed by atoms with Gasteiger partial charge in [-0.15, -0.1) is 11.3 Å². The third-order valence-electron chi connectivity index (χ3n) is 4.65. The summed E-state index contributed by atoms with van der Waals surface area (Å²) in [5.74, 6) is 0.862. The number of aryl methyl sites for hydroxylation is 3. The number of anilines is 2. The van der Waals surface area contributed by atoms with Crippen molar-refractivity contribution in [3.63, 3.8) is 0 Å². The van der Waals surface area contributed by atoms with Crippen LogP contribution in [0.15, 0.2) is 53.3 Å². The van der Waals surface area contributed by atoms with E-state index in [0.717, 1.165) is 32.6 Å². The fraction of sp³-hybridized carbons (Fsp3) is 0.182. The molecule has 0 fully saturated rings. The second-order valence-corrected chi connectivity index (χ2v) is 8.61. The summed E-state index contributed by atoms with van der Waals surface area (Å²) in [4.78, 5) is 11.5. The molecule has 0 amide bonds. The van der Waals surface area contributed by atoms with E-state index in [0.29, 0.717) is 0 Å². The number of thiophene rings is 1. The molecule has 4 rings (SSSR count). The second-order valence-electron chi connectivity index (χ2n) is 6.61. The Morgan fingerprint density at radius 2 is 1.81 bits per heavy atom. The first-order valence-electron chi connectivity index (χ1n) is 8.93. The zero-order valence-electron chi connectivity index (χ0n) is 15.5. The van der Waals surface area contributed by atoms with Crippen LogP contribution in [0.5, 0.6) is 0 Å². The van der Waals surface area contributed by atoms with Crippen LogP contribution in [0.3, 0.4) is 0 Å². The van der Waals surface area contributed by atoms with E-state index in [-0.39, 0.29) is 0 Å². The molecule has 0 atom stereocenters. The summed E-state index contributed by atoms with van der Waals surface area (Å²) in [5.41, 5.74) is 5.97. The smallest absolute Gasteiger partial charge is 0.143 e.